The average molecular weight is 419 g/mol. The van der Waals surface area contributed by atoms with Crippen LogP contribution in [0.15, 0.2) is 59.5 Å². The fraction of sp³-hybridized carbons (Fsp3) is 0.211. The van der Waals surface area contributed by atoms with Crippen LogP contribution in [0.3, 0.4) is 0 Å². The number of esters is 1. The molecule has 0 heterocycles. The molecule has 0 radical (unpaired) electrons. The lowest BCUT2D eigenvalue weighted by Crippen LogP contribution is -2.40. The largest absolute Gasteiger partial charge is 0.454 e. The molecule has 0 unspecified atom stereocenters. The minimum Gasteiger partial charge on any atom is -0.454 e. The quantitative estimate of drug-likeness (QED) is 0.545. The van der Waals surface area contributed by atoms with Crippen LogP contribution in [-0.4, -0.2) is 45.9 Å². The van der Waals surface area contributed by atoms with Crippen molar-refractivity contribution in [1.29, 1.82) is 0 Å². The second kappa shape index (κ2) is 9.80. The Bertz CT molecular complexity index is 975. The van der Waals surface area contributed by atoms with Gasteiger partial charge in [-0.3, -0.25) is 14.4 Å². The number of carbonyl (C=O) groups is 3. The molecule has 3 N–H and O–H groups in total. The van der Waals surface area contributed by atoms with E-state index in [-0.39, 0.29) is 10.8 Å². The Morgan fingerprint density at radius 1 is 1.00 bits per heavy atom. The number of ether oxygens (including phenoxy) is 1. The lowest BCUT2D eigenvalue weighted by atomic mass is 10.2. The van der Waals surface area contributed by atoms with Gasteiger partial charge < -0.3 is 15.4 Å². The van der Waals surface area contributed by atoms with Gasteiger partial charge in [-0.1, -0.05) is 18.2 Å². The molecule has 0 bridgehead atoms. The summed E-state index contributed by atoms with van der Waals surface area (Å²) in [6, 6.07) is 12.5. The highest BCUT2D eigenvalue weighted by Crippen LogP contribution is 2.10. The maximum Gasteiger partial charge on any atom is 0.324 e. The molecule has 0 saturated heterocycles. The van der Waals surface area contributed by atoms with Crippen molar-refractivity contribution in [3.8, 4) is 0 Å². The highest BCUT2D eigenvalue weighted by Gasteiger charge is 2.23. The van der Waals surface area contributed by atoms with Crippen molar-refractivity contribution in [2.24, 2.45) is 0 Å². The first-order chi connectivity index (χ1) is 13.7. The fourth-order valence-corrected chi connectivity index (χ4v) is 3.47. The number of carbonyl (C=O) groups excluding carboxylic acids is 3. The molecule has 2 aromatic rings. The van der Waals surface area contributed by atoms with Crippen LogP contribution in [0.4, 0.5) is 5.69 Å². The van der Waals surface area contributed by atoms with E-state index in [9.17, 15) is 22.8 Å². The van der Waals surface area contributed by atoms with Gasteiger partial charge in [-0.2, -0.15) is 4.72 Å². The van der Waals surface area contributed by atoms with Crippen molar-refractivity contribution < 1.29 is 27.5 Å². The minimum atomic E-state index is -3.89. The molecule has 1 atom stereocenters. The van der Waals surface area contributed by atoms with Crippen molar-refractivity contribution >= 4 is 33.5 Å². The van der Waals surface area contributed by atoms with Gasteiger partial charge in [0.15, 0.2) is 6.61 Å². The van der Waals surface area contributed by atoms with E-state index in [1.54, 1.807) is 18.2 Å². The Balaban J connectivity index is 1.85. The molecule has 2 amide bonds. The van der Waals surface area contributed by atoms with Crippen LogP contribution in [0.2, 0.25) is 0 Å². The Morgan fingerprint density at radius 3 is 2.21 bits per heavy atom. The fourth-order valence-electron chi connectivity index (χ4n) is 2.26. The Morgan fingerprint density at radius 2 is 1.62 bits per heavy atom. The molecule has 0 aromatic heterocycles. The summed E-state index contributed by atoms with van der Waals surface area (Å²) in [4.78, 5) is 35.4. The van der Waals surface area contributed by atoms with E-state index in [1.807, 2.05) is 0 Å². The highest BCUT2D eigenvalue weighted by molar-refractivity contribution is 7.89. The van der Waals surface area contributed by atoms with Gasteiger partial charge in [-0.15, -0.1) is 0 Å². The van der Waals surface area contributed by atoms with Gasteiger partial charge >= 0.3 is 5.97 Å². The van der Waals surface area contributed by atoms with E-state index < -0.39 is 34.5 Å². The molecule has 2 rings (SSSR count). The van der Waals surface area contributed by atoms with E-state index in [1.165, 1.54) is 50.4 Å². The normalized spacial score (nSPS) is 11.9. The first-order valence-electron chi connectivity index (χ1n) is 8.59. The third-order valence-corrected chi connectivity index (χ3v) is 5.30. The van der Waals surface area contributed by atoms with E-state index in [4.69, 9.17) is 4.74 Å². The van der Waals surface area contributed by atoms with E-state index in [0.29, 0.717) is 11.3 Å². The zero-order chi connectivity index (χ0) is 21.4. The van der Waals surface area contributed by atoms with Gasteiger partial charge in [0.05, 0.1) is 4.90 Å². The zero-order valence-corrected chi connectivity index (χ0v) is 16.7. The molecule has 0 aliphatic rings. The van der Waals surface area contributed by atoms with Crippen molar-refractivity contribution in [2.45, 2.75) is 17.9 Å². The number of anilines is 1. The van der Waals surface area contributed by atoms with Crippen molar-refractivity contribution in [3.63, 3.8) is 0 Å². The maximum absolute atomic E-state index is 12.2. The Kier molecular flexibility index (Phi) is 7.46. The van der Waals surface area contributed by atoms with Crippen LogP contribution in [0.5, 0.6) is 0 Å². The first-order valence-corrected chi connectivity index (χ1v) is 10.1. The molecule has 0 saturated carbocycles. The molecule has 29 heavy (non-hydrogen) atoms. The molecular weight excluding hydrogens is 398 g/mol. The van der Waals surface area contributed by atoms with Gasteiger partial charge in [0.1, 0.15) is 6.04 Å². The maximum atomic E-state index is 12.2. The molecular formula is C19H21N3O6S. The van der Waals surface area contributed by atoms with E-state index in [0.717, 1.165) is 0 Å². The number of hydrogen-bond donors (Lipinski definition) is 3. The Hall–Kier alpha value is -3.24. The number of benzene rings is 2. The second-order valence-electron chi connectivity index (χ2n) is 5.97. The molecule has 0 aliphatic carbocycles. The molecule has 0 aliphatic heterocycles. The number of hydrogen-bond acceptors (Lipinski definition) is 6. The predicted octanol–water partition coefficient (Wildman–Crippen LogP) is 0.895. The summed E-state index contributed by atoms with van der Waals surface area (Å²) in [5.74, 6) is -1.76. The number of amides is 2. The smallest absolute Gasteiger partial charge is 0.324 e. The summed E-state index contributed by atoms with van der Waals surface area (Å²) in [6.07, 6.45) is 0. The summed E-state index contributed by atoms with van der Waals surface area (Å²) < 4.78 is 31.4. The third-order valence-electron chi connectivity index (χ3n) is 3.74. The first kappa shape index (κ1) is 22.1. The van der Waals surface area contributed by atoms with Crippen LogP contribution in [0.25, 0.3) is 0 Å². The van der Waals surface area contributed by atoms with Gasteiger partial charge in [-0.05, 0) is 43.3 Å². The summed E-state index contributed by atoms with van der Waals surface area (Å²) in [7, 11) is -2.38. The number of rotatable bonds is 8. The monoisotopic (exact) mass is 419 g/mol. The third kappa shape index (κ3) is 6.40. The molecule has 10 heteroatoms. The summed E-state index contributed by atoms with van der Waals surface area (Å²) in [6.45, 7) is 0.728. The summed E-state index contributed by atoms with van der Waals surface area (Å²) in [5, 5.41) is 4.99. The van der Waals surface area contributed by atoms with Crippen LogP contribution < -0.4 is 15.4 Å². The van der Waals surface area contributed by atoms with Crippen molar-refractivity contribution in [1.82, 2.24) is 10.0 Å². The predicted molar refractivity (Wildman–Crippen MR) is 106 cm³/mol. The van der Waals surface area contributed by atoms with Gasteiger partial charge in [0.25, 0.3) is 11.8 Å². The van der Waals surface area contributed by atoms with Gasteiger partial charge in [0, 0.05) is 18.3 Å². The zero-order valence-electron chi connectivity index (χ0n) is 15.8. The lowest BCUT2D eigenvalue weighted by Gasteiger charge is -2.14. The molecule has 154 valence electrons. The molecule has 0 fully saturated rings. The average Bonchev–Trinajstić information content (AvgIpc) is 2.72. The van der Waals surface area contributed by atoms with E-state index >= 15 is 0 Å². The second-order valence-corrected chi connectivity index (χ2v) is 7.68. The van der Waals surface area contributed by atoms with Crippen LogP contribution in [0.1, 0.15) is 17.3 Å². The molecule has 0 spiro atoms. The SMILES string of the molecule is CNC(=O)c1ccc(NC(=O)COC(=O)[C@H](C)NS(=O)(=O)c2ccccc2)cc1. The summed E-state index contributed by atoms with van der Waals surface area (Å²) in [5.41, 5.74) is 0.841. The van der Waals surface area contributed by atoms with Crippen molar-refractivity contribution in [2.75, 3.05) is 19.0 Å². The van der Waals surface area contributed by atoms with Crippen LogP contribution in [-0.2, 0) is 24.3 Å². The number of sulfonamides is 1. The molecule has 2 aromatic carbocycles. The molecule has 9 nitrogen and oxygen atoms in total. The standard InChI is InChI=1S/C19H21N3O6S/c1-13(22-29(26,27)16-6-4-3-5-7-16)19(25)28-12-17(23)21-15-10-8-14(9-11-15)18(24)20-2/h3-11,13,22H,12H2,1-2H3,(H,20,24)(H,21,23)/t13-/m0/s1. The topological polar surface area (TPSA) is 131 Å². The van der Waals surface area contributed by atoms with Gasteiger partial charge in [-0.25, -0.2) is 8.42 Å². The number of nitrogens with one attached hydrogen (secondary N) is 3. The van der Waals surface area contributed by atoms with Crippen LogP contribution >= 0.6 is 0 Å². The van der Waals surface area contributed by atoms with Crippen molar-refractivity contribution in [3.05, 3.63) is 60.2 Å². The summed E-state index contributed by atoms with van der Waals surface area (Å²) >= 11 is 0. The van der Waals surface area contributed by atoms with Crippen LogP contribution in [0, 0.1) is 0 Å². The van der Waals surface area contributed by atoms with Gasteiger partial charge in [0.2, 0.25) is 10.0 Å². The highest BCUT2D eigenvalue weighted by atomic mass is 32.2. The van der Waals surface area contributed by atoms with E-state index in [2.05, 4.69) is 15.4 Å². The Labute approximate surface area is 168 Å². The minimum absolute atomic E-state index is 0.0117. The lowest BCUT2D eigenvalue weighted by molar-refractivity contribution is -0.148.